The molecule has 1 amide bonds. The molecular formula is C27H29F4N7O3S. The summed E-state index contributed by atoms with van der Waals surface area (Å²) in [6.07, 6.45) is -2.02. The van der Waals surface area contributed by atoms with Gasteiger partial charge in [0.2, 0.25) is 17.6 Å². The number of ether oxygens (including phenoxy) is 1. The number of alkyl halides is 4. The van der Waals surface area contributed by atoms with Gasteiger partial charge in [-0.15, -0.1) is 16.4 Å². The van der Waals surface area contributed by atoms with Crippen molar-refractivity contribution in [3.8, 4) is 16.6 Å². The maximum Gasteiger partial charge on any atom is 0.393 e. The van der Waals surface area contributed by atoms with Crippen LogP contribution in [-0.4, -0.2) is 63.4 Å². The highest BCUT2D eigenvalue weighted by atomic mass is 32.1. The third kappa shape index (κ3) is 5.67. The number of rotatable bonds is 8. The third-order valence-corrected chi connectivity index (χ3v) is 8.94. The Kier molecular flexibility index (Phi) is 7.55. The van der Waals surface area contributed by atoms with Crippen LogP contribution in [-0.2, 0) is 20.0 Å². The minimum absolute atomic E-state index is 0.0106. The second kappa shape index (κ2) is 11.2. The Hall–Kier alpha value is -3.72. The van der Waals surface area contributed by atoms with Gasteiger partial charge in [-0.05, 0) is 36.3 Å². The topological polar surface area (TPSA) is 119 Å². The summed E-state index contributed by atoms with van der Waals surface area (Å²) in [4.78, 5) is 17.1. The smallest absolute Gasteiger partial charge is 0.393 e. The Labute approximate surface area is 241 Å². The Morgan fingerprint density at radius 2 is 2.14 bits per heavy atom. The highest BCUT2D eigenvalue weighted by Gasteiger charge is 2.40. The van der Waals surface area contributed by atoms with Gasteiger partial charge in [0.15, 0.2) is 0 Å². The number of methoxy groups -OCH3 is 1. The second-order valence-electron chi connectivity index (χ2n) is 10.6. The Morgan fingerprint density at radius 1 is 1.31 bits per heavy atom. The molecule has 2 aliphatic rings. The van der Waals surface area contributed by atoms with Crippen LogP contribution in [0.3, 0.4) is 0 Å². The first-order valence-electron chi connectivity index (χ1n) is 13.6. The van der Waals surface area contributed by atoms with Gasteiger partial charge in [0.1, 0.15) is 11.7 Å². The average molecular weight is 608 g/mol. The predicted molar refractivity (Wildman–Crippen MR) is 147 cm³/mol. The van der Waals surface area contributed by atoms with E-state index in [0.29, 0.717) is 22.2 Å². The number of thiophene rings is 1. The molecule has 4 atom stereocenters. The molecule has 0 spiro atoms. The molecule has 4 unspecified atom stereocenters. The van der Waals surface area contributed by atoms with Gasteiger partial charge in [0, 0.05) is 25.3 Å². The van der Waals surface area contributed by atoms with Gasteiger partial charge in [-0.3, -0.25) is 9.48 Å². The summed E-state index contributed by atoms with van der Waals surface area (Å²) in [6, 6.07) is 4.57. The van der Waals surface area contributed by atoms with Gasteiger partial charge in [-0.25, -0.2) is 4.39 Å². The molecule has 0 saturated carbocycles. The summed E-state index contributed by atoms with van der Waals surface area (Å²) in [5, 5.41) is 17.6. The van der Waals surface area contributed by atoms with Crippen LogP contribution in [0, 0.1) is 0 Å². The number of carbonyl (C=O) groups is 1. The predicted octanol–water partition coefficient (Wildman–Crippen LogP) is 4.76. The summed E-state index contributed by atoms with van der Waals surface area (Å²) >= 11 is 1.10. The van der Waals surface area contributed by atoms with Gasteiger partial charge < -0.3 is 25.2 Å². The van der Waals surface area contributed by atoms with E-state index >= 15 is 4.39 Å². The van der Waals surface area contributed by atoms with Crippen molar-refractivity contribution in [1.29, 1.82) is 0 Å². The van der Waals surface area contributed by atoms with Crippen LogP contribution < -0.4 is 20.7 Å². The van der Waals surface area contributed by atoms with E-state index in [0.717, 1.165) is 30.6 Å². The quantitative estimate of drug-likeness (QED) is 0.246. The number of benzene rings is 1. The molecule has 0 aliphatic carbocycles. The van der Waals surface area contributed by atoms with Crippen LogP contribution in [0.4, 0.5) is 23.2 Å². The molecule has 2 aliphatic heterocycles. The largest absolute Gasteiger partial charge is 0.479 e. The van der Waals surface area contributed by atoms with Crippen LogP contribution in [0.15, 0.2) is 28.9 Å². The number of piperidine rings is 2. The molecule has 5 heterocycles. The van der Waals surface area contributed by atoms with Crippen molar-refractivity contribution in [2.45, 2.75) is 69.1 Å². The maximum absolute atomic E-state index is 15.3. The van der Waals surface area contributed by atoms with Crippen LogP contribution in [0.5, 0.6) is 5.88 Å². The van der Waals surface area contributed by atoms with Crippen molar-refractivity contribution in [2.75, 3.05) is 12.4 Å². The third-order valence-electron chi connectivity index (χ3n) is 7.67. The van der Waals surface area contributed by atoms with Crippen molar-refractivity contribution in [3.63, 3.8) is 0 Å². The lowest BCUT2D eigenvalue weighted by Crippen LogP contribution is -2.59. The van der Waals surface area contributed by atoms with Crippen LogP contribution in [0.25, 0.3) is 20.8 Å². The van der Waals surface area contributed by atoms with Crippen LogP contribution in [0.1, 0.15) is 47.5 Å². The number of amides is 1. The van der Waals surface area contributed by atoms with E-state index in [4.69, 9.17) is 9.26 Å². The minimum Gasteiger partial charge on any atom is -0.479 e. The summed E-state index contributed by atoms with van der Waals surface area (Å²) < 4.78 is 68.9. The zero-order chi connectivity index (χ0) is 29.6. The Morgan fingerprint density at radius 3 is 2.93 bits per heavy atom. The van der Waals surface area contributed by atoms with Gasteiger partial charge >= 0.3 is 6.18 Å². The maximum atomic E-state index is 15.3. The summed E-state index contributed by atoms with van der Waals surface area (Å²) in [5.41, 5.74) is 0.785. The number of aromatic nitrogens is 4. The molecule has 3 N–H and O–H groups in total. The summed E-state index contributed by atoms with van der Waals surface area (Å²) in [5.74, 6) is -0.372. The molecule has 10 nitrogen and oxygen atoms in total. The number of hydrogen-bond donors (Lipinski definition) is 3. The molecule has 3 aromatic heterocycles. The lowest BCUT2D eigenvalue weighted by atomic mass is 9.82. The van der Waals surface area contributed by atoms with Crippen molar-refractivity contribution >= 4 is 33.0 Å². The van der Waals surface area contributed by atoms with Crippen molar-refractivity contribution in [2.24, 2.45) is 7.05 Å². The first-order valence-corrected chi connectivity index (χ1v) is 14.4. The van der Waals surface area contributed by atoms with Crippen molar-refractivity contribution in [1.82, 2.24) is 30.6 Å². The first-order chi connectivity index (χ1) is 20.1. The van der Waals surface area contributed by atoms with E-state index in [-0.39, 0.29) is 52.2 Å². The van der Waals surface area contributed by atoms with Crippen LogP contribution >= 0.6 is 11.3 Å². The average Bonchev–Trinajstić information content (AvgIpc) is 3.67. The molecule has 2 saturated heterocycles. The van der Waals surface area contributed by atoms with E-state index in [1.165, 1.54) is 18.0 Å². The van der Waals surface area contributed by atoms with Gasteiger partial charge in [0.05, 0.1) is 41.4 Å². The number of nitrogens with one attached hydrogen (secondary N) is 3. The standard InChI is InChI=1S/C27H29F4N7O3S/c1-38-12-16(26(36-38)40-2)25(39)32-11-20-35-24(37-41-20)23-15(10-27(29,30)31)14-6-4-8-18(22(14)42-23)34-19-9-13-5-3-7-17(33-13)21(19)28/h4,6,8,12-13,17,19,21,33-34H,3,5,7,9-11H2,1-2H3,(H,32,39). The number of hydrogen-bond acceptors (Lipinski definition) is 9. The zero-order valence-electron chi connectivity index (χ0n) is 22.8. The fourth-order valence-electron chi connectivity index (χ4n) is 5.83. The Bertz CT molecular complexity index is 1600. The molecule has 224 valence electrons. The normalized spacial score (nSPS) is 22.3. The molecule has 2 bridgehead atoms. The molecule has 15 heteroatoms. The monoisotopic (exact) mass is 607 g/mol. The number of carbonyl (C=O) groups excluding carboxylic acids is 1. The summed E-state index contributed by atoms with van der Waals surface area (Å²) in [6.45, 7) is -0.161. The fourth-order valence-corrected chi connectivity index (χ4v) is 7.05. The summed E-state index contributed by atoms with van der Waals surface area (Å²) in [7, 11) is 3.03. The van der Waals surface area contributed by atoms with E-state index in [1.54, 1.807) is 25.2 Å². The van der Waals surface area contributed by atoms with Gasteiger partial charge in [-0.2, -0.15) is 18.2 Å². The Balaban J connectivity index is 1.28. The van der Waals surface area contributed by atoms with Crippen LogP contribution in [0.2, 0.25) is 0 Å². The molecule has 1 aromatic carbocycles. The molecule has 42 heavy (non-hydrogen) atoms. The van der Waals surface area contributed by atoms with Crippen molar-refractivity contribution < 1.29 is 31.6 Å². The number of aryl methyl sites for hydroxylation is 1. The molecule has 2 fully saturated rings. The van der Waals surface area contributed by atoms with Gasteiger partial charge in [-0.1, -0.05) is 23.7 Å². The SMILES string of the molecule is COc1nn(C)cc1C(=O)NCc1nc(-c2sc3c(NC4CC5CCCC(N5)C4F)cccc3c2CC(F)(F)F)no1. The van der Waals surface area contributed by atoms with E-state index in [1.807, 2.05) is 0 Å². The lowest BCUT2D eigenvalue weighted by Gasteiger charge is -2.43. The molecule has 4 aromatic rings. The number of fused-ring (bicyclic) bond motifs is 3. The zero-order valence-corrected chi connectivity index (χ0v) is 23.6. The second-order valence-corrected chi connectivity index (χ2v) is 11.7. The van der Waals surface area contributed by atoms with E-state index in [9.17, 15) is 18.0 Å². The fraction of sp³-hybridized carbons (Fsp3) is 0.481. The molecule has 0 radical (unpaired) electrons. The van der Waals surface area contributed by atoms with E-state index in [2.05, 4.69) is 31.2 Å². The first kappa shape index (κ1) is 28.4. The van der Waals surface area contributed by atoms with Crippen molar-refractivity contribution in [3.05, 3.63) is 41.4 Å². The number of halogens is 4. The molecule has 6 rings (SSSR count). The van der Waals surface area contributed by atoms with E-state index < -0.39 is 30.7 Å². The highest BCUT2D eigenvalue weighted by molar-refractivity contribution is 7.23. The van der Waals surface area contributed by atoms with Gasteiger partial charge in [0.25, 0.3) is 5.91 Å². The number of nitrogens with zero attached hydrogens (tertiary/aromatic N) is 4. The minimum atomic E-state index is -4.49. The molecular weight excluding hydrogens is 578 g/mol. The highest BCUT2D eigenvalue weighted by Crippen LogP contribution is 2.44. The lowest BCUT2D eigenvalue weighted by molar-refractivity contribution is -0.126. The number of anilines is 1.